The molecule has 3 aromatic rings. The second-order valence-electron chi connectivity index (χ2n) is 6.06. The molecule has 0 heterocycles. The average molecular weight is 575 g/mol. The molecule has 0 spiro atoms. The number of rotatable bonds is 6. The summed E-state index contributed by atoms with van der Waals surface area (Å²) in [6, 6.07) is 30.7. The summed E-state index contributed by atoms with van der Waals surface area (Å²) in [4.78, 5) is 11.5. The summed E-state index contributed by atoms with van der Waals surface area (Å²) in [5, 5.41) is 9.80. The maximum absolute atomic E-state index is 11.5. The molecule has 0 aromatic heterocycles. The fourth-order valence-electron chi connectivity index (χ4n) is 3.36. The average Bonchev–Trinajstić information content (AvgIpc) is 2.75. The zero-order valence-electron chi connectivity index (χ0n) is 14.5. The molecular formula is C21H20Br3O2P. The molecule has 0 saturated heterocycles. The molecular weight excluding hydrogens is 555 g/mol. The number of halogens is 3. The summed E-state index contributed by atoms with van der Waals surface area (Å²) in [5.74, 6) is -0.781. The van der Waals surface area contributed by atoms with E-state index in [9.17, 15) is 9.90 Å². The van der Waals surface area contributed by atoms with Crippen molar-refractivity contribution in [1.82, 2.24) is 0 Å². The summed E-state index contributed by atoms with van der Waals surface area (Å²) in [5.41, 5.74) is 0. The van der Waals surface area contributed by atoms with Gasteiger partial charge in [0.15, 0.2) is 0 Å². The van der Waals surface area contributed by atoms with Crippen molar-refractivity contribution in [1.29, 1.82) is 0 Å². The molecule has 3 aromatic carbocycles. The van der Waals surface area contributed by atoms with E-state index < -0.39 is 11.3 Å². The van der Waals surface area contributed by atoms with Gasteiger partial charge in [-0.15, -0.1) is 0 Å². The van der Waals surface area contributed by atoms with Crippen molar-refractivity contribution < 1.29 is 9.90 Å². The van der Waals surface area contributed by atoms with Gasteiger partial charge in [-0.05, 0) is 0 Å². The topological polar surface area (TPSA) is 37.3 Å². The normalized spacial score (nSPS) is 12.2. The van der Waals surface area contributed by atoms with E-state index in [1.165, 1.54) is 0 Å². The number of carboxylic acids is 1. The van der Waals surface area contributed by atoms with Gasteiger partial charge in [0.1, 0.15) is 0 Å². The van der Waals surface area contributed by atoms with Crippen molar-refractivity contribution >= 4 is 70.9 Å². The molecule has 27 heavy (non-hydrogen) atoms. The van der Waals surface area contributed by atoms with Crippen molar-refractivity contribution in [3.05, 3.63) is 91.0 Å². The van der Waals surface area contributed by atoms with Gasteiger partial charge in [0, 0.05) is 28.3 Å². The molecule has 0 saturated carbocycles. The first-order chi connectivity index (χ1) is 13.1. The molecule has 0 aliphatic heterocycles. The third-order valence-electron chi connectivity index (χ3n) is 4.63. The molecule has 1 N–H and O–H groups in total. The first-order valence-electron chi connectivity index (χ1n) is 8.31. The van der Waals surface area contributed by atoms with Crippen molar-refractivity contribution in [3.8, 4) is 0 Å². The third kappa shape index (κ3) is 4.54. The Balaban J connectivity index is 0.00000126. The molecule has 142 valence electrons. The summed E-state index contributed by atoms with van der Waals surface area (Å²) >= 11 is 9.71. The van der Waals surface area contributed by atoms with Crippen LogP contribution in [0.3, 0.4) is 0 Å². The predicted octanol–water partition coefficient (Wildman–Crippen LogP) is 5.99. The van der Waals surface area contributed by atoms with Crippen LogP contribution in [0.2, 0.25) is 0 Å². The summed E-state index contributed by atoms with van der Waals surface area (Å²) in [7, 11) is 0. The standard InChI is InChI=1S/C21H20BrO2P.Br2/c22-25(17-16-21(23)24,18-10-4-1-5-11-18,19-12-6-2-7-13-19)20-14-8-3-9-15-20;1-2/h1-15H,16-17H2,(H,23,24);. The van der Waals surface area contributed by atoms with Gasteiger partial charge in [0.05, 0.1) is 0 Å². The Morgan fingerprint density at radius 2 is 1.00 bits per heavy atom. The Bertz CT molecular complexity index is 759. The van der Waals surface area contributed by atoms with Gasteiger partial charge in [-0.3, -0.25) is 0 Å². The molecule has 0 unspecified atom stereocenters. The molecule has 0 amide bonds. The predicted molar refractivity (Wildman–Crippen MR) is 129 cm³/mol. The Hall–Kier alpha value is -1.00. The van der Waals surface area contributed by atoms with E-state index >= 15 is 0 Å². The van der Waals surface area contributed by atoms with Crippen molar-refractivity contribution in [2.75, 3.05) is 6.16 Å². The molecule has 0 fully saturated rings. The van der Waals surface area contributed by atoms with Gasteiger partial charge in [-0.2, -0.15) is 0 Å². The Kier molecular flexibility index (Phi) is 8.23. The summed E-state index contributed by atoms with van der Waals surface area (Å²) in [6.45, 7) is 0. The molecule has 0 bridgehead atoms. The van der Waals surface area contributed by atoms with Crippen LogP contribution in [0.15, 0.2) is 91.0 Å². The van der Waals surface area contributed by atoms with E-state index in [1.807, 2.05) is 54.6 Å². The minimum atomic E-state index is -3.06. The van der Waals surface area contributed by atoms with Gasteiger partial charge in [0.25, 0.3) is 0 Å². The van der Waals surface area contributed by atoms with Crippen LogP contribution in [-0.2, 0) is 4.79 Å². The number of hydrogen-bond acceptors (Lipinski definition) is 1. The van der Waals surface area contributed by atoms with Crippen LogP contribution >= 0.6 is 49.1 Å². The van der Waals surface area contributed by atoms with E-state index in [0.717, 1.165) is 15.9 Å². The van der Waals surface area contributed by atoms with Gasteiger partial charge in [0.2, 0.25) is 0 Å². The molecule has 6 heteroatoms. The quantitative estimate of drug-likeness (QED) is 0.367. The monoisotopic (exact) mass is 572 g/mol. The molecule has 3 rings (SSSR count). The van der Waals surface area contributed by atoms with Gasteiger partial charge in [-0.25, -0.2) is 0 Å². The Morgan fingerprint density at radius 1 is 0.704 bits per heavy atom. The minimum absolute atomic E-state index is 0.0990. The Labute approximate surface area is 183 Å². The first kappa shape index (κ1) is 22.3. The molecule has 0 aliphatic carbocycles. The van der Waals surface area contributed by atoms with Gasteiger partial charge >= 0.3 is 156 Å². The maximum atomic E-state index is 11.5. The summed E-state index contributed by atoms with van der Waals surface area (Å²) < 4.78 is 0. The fourth-order valence-corrected chi connectivity index (χ4v) is 10.7. The van der Waals surface area contributed by atoms with E-state index in [4.69, 9.17) is 0 Å². The number of benzene rings is 3. The van der Waals surface area contributed by atoms with E-state index in [1.54, 1.807) is 0 Å². The SMILES string of the molecule is BrBr.O=C(O)CCP(Br)(c1ccccc1)(c1ccccc1)c1ccccc1. The second kappa shape index (κ2) is 9.97. The van der Waals surface area contributed by atoms with Gasteiger partial charge < -0.3 is 0 Å². The van der Waals surface area contributed by atoms with Gasteiger partial charge in [-0.1, -0.05) is 0 Å². The van der Waals surface area contributed by atoms with Crippen LogP contribution in [0.25, 0.3) is 0 Å². The fraction of sp³-hybridized carbons (Fsp3) is 0.0952. The molecule has 0 radical (unpaired) electrons. The number of aliphatic carboxylic acids is 1. The van der Waals surface area contributed by atoms with Crippen molar-refractivity contribution in [2.45, 2.75) is 6.42 Å². The molecule has 0 aliphatic rings. The van der Waals surface area contributed by atoms with Crippen molar-refractivity contribution in [3.63, 3.8) is 0 Å². The number of carbonyl (C=O) groups is 1. The second-order valence-corrected chi connectivity index (χ2v) is 15.1. The van der Waals surface area contributed by atoms with Crippen LogP contribution in [0.5, 0.6) is 0 Å². The zero-order chi connectivity index (χ0) is 19.8. The third-order valence-corrected chi connectivity index (χ3v) is 14.6. The van der Waals surface area contributed by atoms with Crippen LogP contribution < -0.4 is 15.9 Å². The van der Waals surface area contributed by atoms with Crippen LogP contribution in [0, 0.1) is 0 Å². The van der Waals surface area contributed by atoms with E-state index in [-0.39, 0.29) is 6.42 Å². The van der Waals surface area contributed by atoms with Crippen LogP contribution in [-0.4, -0.2) is 17.2 Å². The van der Waals surface area contributed by atoms with Crippen molar-refractivity contribution in [2.24, 2.45) is 0 Å². The summed E-state index contributed by atoms with van der Waals surface area (Å²) in [6.07, 6.45) is 0.626. The molecule has 2 nitrogen and oxygen atoms in total. The number of hydrogen-bond donors (Lipinski definition) is 1. The van der Waals surface area contributed by atoms with Crippen LogP contribution in [0.4, 0.5) is 0 Å². The number of carboxylic acid groups (broad SMARTS) is 1. The van der Waals surface area contributed by atoms with E-state index in [0.29, 0.717) is 6.16 Å². The first-order valence-corrected chi connectivity index (χ1v) is 16.5. The zero-order valence-corrected chi connectivity index (χ0v) is 20.2. The van der Waals surface area contributed by atoms with Crippen LogP contribution in [0.1, 0.15) is 6.42 Å². The molecule has 0 atom stereocenters. The van der Waals surface area contributed by atoms with E-state index in [2.05, 4.69) is 80.1 Å². The Morgan fingerprint density at radius 3 is 1.26 bits per heavy atom.